The number of urea groups is 1. The van der Waals surface area contributed by atoms with E-state index >= 15 is 0 Å². The second-order valence-electron chi connectivity index (χ2n) is 4.42. The summed E-state index contributed by atoms with van der Waals surface area (Å²) >= 11 is 0. The molecule has 1 saturated heterocycles. The quantitative estimate of drug-likeness (QED) is 0.764. The van der Waals surface area contributed by atoms with Crippen molar-refractivity contribution in [3.63, 3.8) is 0 Å². The fourth-order valence-corrected chi connectivity index (χ4v) is 2.07. The van der Waals surface area contributed by atoms with Crippen molar-refractivity contribution in [3.8, 4) is 12.3 Å². The first-order valence-electron chi connectivity index (χ1n) is 5.71. The lowest BCUT2D eigenvalue weighted by Crippen LogP contribution is -2.30. The maximum atomic E-state index is 11.7. The van der Waals surface area contributed by atoms with Crippen LogP contribution in [0.15, 0.2) is 18.2 Å². The number of benzene rings is 1. The Labute approximate surface area is 107 Å². The molecule has 1 aliphatic rings. The van der Waals surface area contributed by atoms with Crippen molar-refractivity contribution >= 4 is 11.9 Å². The number of amides is 2. The normalized spacial score (nSPS) is 18.7. The first kappa shape index (κ1) is 12.2. The van der Waals surface area contributed by atoms with Crippen LogP contribution in [0.3, 0.4) is 0 Å². The van der Waals surface area contributed by atoms with Gasteiger partial charge in [0.2, 0.25) is 0 Å². The third-order valence-electron chi connectivity index (χ3n) is 3.20. The topological polar surface area (TPSA) is 56.2 Å². The van der Waals surface area contributed by atoms with E-state index in [0.29, 0.717) is 0 Å². The summed E-state index contributed by atoms with van der Waals surface area (Å²) in [4.78, 5) is 13.2. The van der Waals surface area contributed by atoms with Crippen molar-refractivity contribution in [3.05, 3.63) is 34.9 Å². The maximum absolute atomic E-state index is 11.7. The smallest absolute Gasteiger partial charge is 0.299 e. The fraction of sp³-hybridized carbons (Fsp3) is 0.286. The molecule has 2 N–H and O–H groups in total. The van der Waals surface area contributed by atoms with Crippen LogP contribution in [0, 0.1) is 31.6 Å². The SMILES string of the molecule is C#CCN1C(=O)NC(=N)C1c1ccc(C)c(C)c1. The highest BCUT2D eigenvalue weighted by molar-refractivity contribution is 6.06. The molecule has 2 amide bonds. The number of carbonyl (C=O) groups is 1. The lowest BCUT2D eigenvalue weighted by atomic mass is 10.00. The molecular weight excluding hydrogens is 226 g/mol. The lowest BCUT2D eigenvalue weighted by molar-refractivity contribution is 0.212. The molecule has 1 aliphatic heterocycles. The van der Waals surface area contributed by atoms with Gasteiger partial charge in [0.05, 0.1) is 6.54 Å². The zero-order valence-electron chi connectivity index (χ0n) is 10.4. The Morgan fingerprint density at radius 1 is 1.44 bits per heavy atom. The van der Waals surface area contributed by atoms with Gasteiger partial charge < -0.3 is 0 Å². The Bertz CT molecular complexity index is 557. The van der Waals surface area contributed by atoms with Crippen molar-refractivity contribution < 1.29 is 4.79 Å². The van der Waals surface area contributed by atoms with Crippen LogP contribution in [0.5, 0.6) is 0 Å². The molecule has 18 heavy (non-hydrogen) atoms. The van der Waals surface area contributed by atoms with E-state index in [1.807, 2.05) is 32.0 Å². The third kappa shape index (κ3) is 1.95. The summed E-state index contributed by atoms with van der Waals surface area (Å²) in [6.45, 7) is 4.24. The fourth-order valence-electron chi connectivity index (χ4n) is 2.07. The predicted octanol–water partition coefficient (Wildman–Crippen LogP) is 1.98. The third-order valence-corrected chi connectivity index (χ3v) is 3.20. The van der Waals surface area contributed by atoms with Crippen LogP contribution in [-0.4, -0.2) is 23.3 Å². The number of hydrogen-bond acceptors (Lipinski definition) is 2. The van der Waals surface area contributed by atoms with Gasteiger partial charge in [0.1, 0.15) is 11.9 Å². The molecule has 1 unspecified atom stereocenters. The van der Waals surface area contributed by atoms with E-state index < -0.39 is 6.04 Å². The molecular formula is C14H15N3O. The predicted molar refractivity (Wildman–Crippen MR) is 70.5 cm³/mol. The number of carbonyl (C=O) groups excluding carboxylic acids is 1. The van der Waals surface area contributed by atoms with Gasteiger partial charge >= 0.3 is 6.03 Å². The van der Waals surface area contributed by atoms with E-state index in [1.54, 1.807) is 0 Å². The van der Waals surface area contributed by atoms with Crippen LogP contribution >= 0.6 is 0 Å². The zero-order valence-corrected chi connectivity index (χ0v) is 10.4. The largest absolute Gasteiger partial charge is 0.324 e. The Balaban J connectivity index is 2.41. The summed E-state index contributed by atoms with van der Waals surface area (Å²) < 4.78 is 0. The number of nitrogens with zero attached hydrogens (tertiary/aromatic N) is 1. The number of nitrogens with one attached hydrogen (secondary N) is 2. The number of terminal acetylenes is 1. The number of aryl methyl sites for hydroxylation is 2. The van der Waals surface area contributed by atoms with Crippen LogP contribution in [0.4, 0.5) is 4.79 Å². The second-order valence-corrected chi connectivity index (χ2v) is 4.42. The van der Waals surface area contributed by atoms with Gasteiger partial charge in [0.25, 0.3) is 0 Å². The van der Waals surface area contributed by atoms with Gasteiger partial charge in [-0.1, -0.05) is 24.1 Å². The molecule has 1 heterocycles. The molecule has 0 bridgehead atoms. The summed E-state index contributed by atoms with van der Waals surface area (Å²) in [7, 11) is 0. The molecule has 0 radical (unpaired) electrons. The van der Waals surface area contributed by atoms with Crippen molar-refractivity contribution in [2.24, 2.45) is 0 Å². The van der Waals surface area contributed by atoms with E-state index in [2.05, 4.69) is 11.2 Å². The summed E-state index contributed by atoms with van der Waals surface area (Å²) in [6, 6.07) is 5.23. The second kappa shape index (κ2) is 4.53. The molecule has 4 nitrogen and oxygen atoms in total. The van der Waals surface area contributed by atoms with Crippen molar-refractivity contribution in [1.29, 1.82) is 5.41 Å². The highest BCUT2D eigenvalue weighted by Gasteiger charge is 2.36. The van der Waals surface area contributed by atoms with Gasteiger partial charge in [-0.2, -0.15) is 0 Å². The standard InChI is InChI=1S/C14H15N3O/c1-4-7-17-12(13(15)16-14(17)18)11-6-5-9(2)10(3)8-11/h1,5-6,8,12H,7H2,2-3H3,(H2,15,16,18). The number of rotatable bonds is 2. The summed E-state index contributed by atoms with van der Waals surface area (Å²) in [5.74, 6) is 2.63. The molecule has 0 aliphatic carbocycles. The molecule has 4 heteroatoms. The summed E-state index contributed by atoms with van der Waals surface area (Å²) in [5, 5.41) is 10.4. The summed E-state index contributed by atoms with van der Waals surface area (Å²) in [5.41, 5.74) is 3.24. The van der Waals surface area contributed by atoms with E-state index in [4.69, 9.17) is 11.8 Å². The minimum absolute atomic E-state index is 0.179. The van der Waals surface area contributed by atoms with Crippen LogP contribution in [0.25, 0.3) is 0 Å². The highest BCUT2D eigenvalue weighted by Crippen LogP contribution is 2.26. The van der Waals surface area contributed by atoms with Gasteiger partial charge in [-0.05, 0) is 30.5 Å². The highest BCUT2D eigenvalue weighted by atomic mass is 16.2. The Hall–Kier alpha value is -2.28. The van der Waals surface area contributed by atoms with Crippen LogP contribution in [0.1, 0.15) is 22.7 Å². The minimum Gasteiger partial charge on any atom is -0.299 e. The summed E-state index contributed by atoms with van der Waals surface area (Å²) in [6.07, 6.45) is 5.27. The van der Waals surface area contributed by atoms with Gasteiger partial charge in [-0.3, -0.25) is 15.6 Å². The minimum atomic E-state index is -0.396. The molecule has 2 rings (SSSR count). The molecule has 1 fully saturated rings. The Kier molecular flexibility index (Phi) is 3.07. The molecule has 1 aromatic carbocycles. The molecule has 0 aromatic heterocycles. The maximum Gasteiger partial charge on any atom is 0.324 e. The average Bonchev–Trinajstić information content (AvgIpc) is 2.59. The van der Waals surface area contributed by atoms with Crippen molar-refractivity contribution in [1.82, 2.24) is 10.2 Å². The van der Waals surface area contributed by atoms with Crippen LogP contribution < -0.4 is 5.32 Å². The van der Waals surface area contributed by atoms with Crippen molar-refractivity contribution in [2.75, 3.05) is 6.54 Å². The van der Waals surface area contributed by atoms with Gasteiger partial charge in [-0.25, -0.2) is 4.79 Å². The van der Waals surface area contributed by atoms with E-state index in [1.165, 1.54) is 10.5 Å². The number of hydrogen-bond donors (Lipinski definition) is 2. The molecule has 1 atom stereocenters. The molecule has 92 valence electrons. The first-order chi connectivity index (χ1) is 8.54. The van der Waals surface area contributed by atoms with E-state index in [9.17, 15) is 4.79 Å². The first-order valence-corrected chi connectivity index (χ1v) is 5.71. The zero-order chi connectivity index (χ0) is 13.3. The average molecular weight is 241 g/mol. The Morgan fingerprint density at radius 3 is 2.78 bits per heavy atom. The molecule has 1 aromatic rings. The number of amidine groups is 1. The van der Waals surface area contributed by atoms with Crippen molar-refractivity contribution in [2.45, 2.75) is 19.9 Å². The van der Waals surface area contributed by atoms with Gasteiger partial charge in [0.15, 0.2) is 0 Å². The Morgan fingerprint density at radius 2 is 2.17 bits per heavy atom. The van der Waals surface area contributed by atoms with Gasteiger partial charge in [0, 0.05) is 0 Å². The molecule has 0 spiro atoms. The van der Waals surface area contributed by atoms with E-state index in [-0.39, 0.29) is 18.4 Å². The van der Waals surface area contributed by atoms with Gasteiger partial charge in [-0.15, -0.1) is 6.42 Å². The molecule has 0 saturated carbocycles. The monoisotopic (exact) mass is 241 g/mol. The van der Waals surface area contributed by atoms with E-state index in [0.717, 1.165) is 11.1 Å². The lowest BCUT2D eigenvalue weighted by Gasteiger charge is -2.21. The van der Waals surface area contributed by atoms with Crippen LogP contribution in [0.2, 0.25) is 0 Å². The van der Waals surface area contributed by atoms with Crippen LogP contribution in [-0.2, 0) is 0 Å².